The topological polar surface area (TPSA) is 16.3 Å². The molecule has 0 unspecified atom stereocenters. The molecule has 3 aliphatic rings. The maximum Gasteiger partial charge on any atom is 0.252 e. The predicted molar refractivity (Wildman–Crippen MR) is 343 cm³/mol. The lowest BCUT2D eigenvalue weighted by Gasteiger charge is -2.46. The number of para-hydroxylation sites is 4. The zero-order valence-corrected chi connectivity index (χ0v) is 48.0. The van der Waals surface area contributed by atoms with Gasteiger partial charge in [0.25, 0.3) is 6.71 Å². The Balaban J connectivity index is 1.17. The van der Waals surface area contributed by atoms with Crippen molar-refractivity contribution < 1.29 is 0 Å². The molecule has 0 spiro atoms. The van der Waals surface area contributed by atoms with Crippen LogP contribution in [0.5, 0.6) is 0 Å². The number of benzene rings is 10. The maximum atomic E-state index is 2.70. The highest BCUT2D eigenvalue weighted by atomic mass is 15.2. The minimum atomic E-state index is -0.360. The van der Waals surface area contributed by atoms with Crippen molar-refractivity contribution >= 4 is 101 Å². The summed E-state index contributed by atoms with van der Waals surface area (Å²) in [6.07, 6.45) is 0. The van der Waals surface area contributed by atoms with E-state index in [1.54, 1.807) is 0 Å². The smallest absolute Gasteiger partial charge is 0.252 e. The third kappa shape index (κ3) is 6.89. The van der Waals surface area contributed by atoms with Crippen molar-refractivity contribution in [2.24, 2.45) is 0 Å². The average Bonchev–Trinajstić information content (AvgIpc) is 4.20. The third-order valence-electron chi connectivity index (χ3n) is 18.3. The first kappa shape index (κ1) is 48.6. The molecule has 80 heavy (non-hydrogen) atoms. The van der Waals surface area contributed by atoms with Gasteiger partial charge in [0.05, 0.1) is 39.1 Å². The van der Waals surface area contributed by atoms with Crippen molar-refractivity contribution in [3.05, 3.63) is 234 Å². The molecule has 4 heterocycles. The van der Waals surface area contributed by atoms with Crippen LogP contribution in [0.25, 0.3) is 66.1 Å². The van der Waals surface area contributed by atoms with Gasteiger partial charge in [0, 0.05) is 55.4 Å². The summed E-state index contributed by atoms with van der Waals surface area (Å²) in [5.41, 5.74) is 26.9. The Bertz CT molecular complexity index is 4460. The molecule has 0 bridgehead atoms. The van der Waals surface area contributed by atoms with Crippen LogP contribution in [0.1, 0.15) is 104 Å². The number of nitrogens with zero attached hydrogens (tertiary/aromatic N) is 4. The van der Waals surface area contributed by atoms with Crippen molar-refractivity contribution in [1.82, 2.24) is 9.13 Å². The highest BCUT2D eigenvalue weighted by Crippen LogP contribution is 2.57. The molecule has 0 N–H and O–H groups in total. The van der Waals surface area contributed by atoms with Crippen molar-refractivity contribution in [3.8, 4) is 22.5 Å². The highest BCUT2D eigenvalue weighted by molar-refractivity contribution is 7.00. The molecule has 0 saturated carbocycles. The Morgan fingerprint density at radius 3 is 1.30 bits per heavy atom. The normalized spacial score (nSPS) is 14.5. The van der Waals surface area contributed by atoms with E-state index < -0.39 is 0 Å². The number of aromatic nitrogens is 2. The van der Waals surface area contributed by atoms with Gasteiger partial charge in [-0.1, -0.05) is 216 Å². The standard InChI is InChI=1S/C75H67BN4/c1-72(2,3)46-32-37-49(38-33-46)77-65-41-36-48(74(7,8)9)42-59(65)76-60-45-57-52-22-12-17-27-58(52)75(10,11)68(57)71(80-63-30-20-15-25-55(63)56-26-16-21-31-64(56)80)70(60)79(50-39-34-47(35-40-50)73(4,5)6)67-44-51(43-66(77)69(67)76)78-61-28-18-13-23-53(61)54-24-14-19-29-62(54)78/h12-45H,1-11H3. The summed E-state index contributed by atoms with van der Waals surface area (Å²) in [6.45, 7) is 25.8. The van der Waals surface area contributed by atoms with Crippen molar-refractivity contribution in [2.75, 3.05) is 9.80 Å². The molecule has 390 valence electrons. The molecule has 12 aromatic rings. The first-order chi connectivity index (χ1) is 38.4. The van der Waals surface area contributed by atoms with Crippen LogP contribution in [0, 0.1) is 0 Å². The molecule has 0 saturated heterocycles. The third-order valence-corrected chi connectivity index (χ3v) is 18.3. The summed E-state index contributed by atoms with van der Waals surface area (Å²) < 4.78 is 5.19. The Hall–Kier alpha value is -8.54. The fourth-order valence-corrected chi connectivity index (χ4v) is 14.3. The fraction of sp³-hybridized carbons (Fsp3) is 0.200. The van der Waals surface area contributed by atoms with E-state index in [2.05, 4.69) is 301 Å². The first-order valence-electron chi connectivity index (χ1n) is 28.8. The average molecular weight is 1040 g/mol. The van der Waals surface area contributed by atoms with Crippen molar-refractivity contribution in [2.45, 2.75) is 97.8 Å². The van der Waals surface area contributed by atoms with Gasteiger partial charge < -0.3 is 18.9 Å². The zero-order chi connectivity index (χ0) is 54.9. The Labute approximate surface area is 471 Å². The van der Waals surface area contributed by atoms with E-state index in [0.717, 1.165) is 17.1 Å². The number of hydrogen-bond acceptors (Lipinski definition) is 2. The maximum absolute atomic E-state index is 2.70. The summed E-state index contributed by atoms with van der Waals surface area (Å²) in [6, 6.07) is 79.5. The second-order valence-electron chi connectivity index (χ2n) is 26.6. The van der Waals surface area contributed by atoms with Crippen LogP contribution in [0.4, 0.5) is 34.1 Å². The quantitative estimate of drug-likeness (QED) is 0.163. The molecule has 1 aliphatic carbocycles. The molecule has 2 aliphatic heterocycles. The molecule has 0 fully saturated rings. The minimum absolute atomic E-state index is 0.00503. The zero-order valence-electron chi connectivity index (χ0n) is 48.0. The lowest BCUT2D eigenvalue weighted by atomic mass is 9.33. The molecule has 10 aromatic carbocycles. The molecular formula is C75H67BN4. The summed E-state index contributed by atoms with van der Waals surface area (Å²) >= 11 is 0. The lowest BCUT2D eigenvalue weighted by Crippen LogP contribution is -2.62. The van der Waals surface area contributed by atoms with E-state index in [-0.39, 0.29) is 28.4 Å². The van der Waals surface area contributed by atoms with E-state index in [9.17, 15) is 0 Å². The predicted octanol–water partition coefficient (Wildman–Crippen LogP) is 18.2. The highest BCUT2D eigenvalue weighted by Gasteiger charge is 2.49. The number of rotatable bonds is 4. The van der Waals surface area contributed by atoms with Gasteiger partial charge in [-0.25, -0.2) is 0 Å². The van der Waals surface area contributed by atoms with Crippen LogP contribution in [-0.4, -0.2) is 15.8 Å². The van der Waals surface area contributed by atoms with Crippen LogP contribution in [0.15, 0.2) is 206 Å². The molecule has 0 atom stereocenters. The van der Waals surface area contributed by atoms with Gasteiger partial charge in [0.15, 0.2) is 0 Å². The second-order valence-corrected chi connectivity index (χ2v) is 26.6. The summed E-state index contributed by atoms with van der Waals surface area (Å²) in [5.74, 6) is 0. The fourth-order valence-electron chi connectivity index (χ4n) is 14.3. The van der Waals surface area contributed by atoms with E-state index in [4.69, 9.17) is 0 Å². The summed E-state index contributed by atoms with van der Waals surface area (Å²) in [5, 5.41) is 4.99. The molecule has 15 rings (SSSR count). The summed E-state index contributed by atoms with van der Waals surface area (Å²) in [4.78, 5) is 5.30. The van der Waals surface area contributed by atoms with Crippen LogP contribution >= 0.6 is 0 Å². The van der Waals surface area contributed by atoms with Crippen LogP contribution in [0.3, 0.4) is 0 Å². The van der Waals surface area contributed by atoms with Gasteiger partial charge in [-0.15, -0.1) is 0 Å². The Kier molecular flexibility index (Phi) is 10.2. The van der Waals surface area contributed by atoms with Crippen LogP contribution in [-0.2, 0) is 21.7 Å². The number of anilines is 6. The van der Waals surface area contributed by atoms with Gasteiger partial charge in [0.1, 0.15) is 0 Å². The Morgan fingerprint density at radius 2 is 0.787 bits per heavy atom. The van der Waals surface area contributed by atoms with Crippen molar-refractivity contribution in [3.63, 3.8) is 0 Å². The van der Waals surface area contributed by atoms with Gasteiger partial charge in [-0.2, -0.15) is 0 Å². The van der Waals surface area contributed by atoms with Gasteiger partial charge in [-0.3, -0.25) is 0 Å². The minimum Gasteiger partial charge on any atom is -0.311 e. The monoisotopic (exact) mass is 1030 g/mol. The molecule has 4 nitrogen and oxygen atoms in total. The second kappa shape index (κ2) is 16.8. The molecular weight excluding hydrogens is 968 g/mol. The van der Waals surface area contributed by atoms with Gasteiger partial charge >= 0.3 is 0 Å². The summed E-state index contributed by atoms with van der Waals surface area (Å²) in [7, 11) is 0. The largest absolute Gasteiger partial charge is 0.311 e. The molecule has 0 amide bonds. The molecule has 2 aromatic heterocycles. The van der Waals surface area contributed by atoms with E-state index in [1.165, 1.54) is 127 Å². The van der Waals surface area contributed by atoms with Gasteiger partial charge in [-0.05, 0) is 138 Å². The van der Waals surface area contributed by atoms with E-state index in [0.29, 0.717) is 0 Å². The number of hydrogen-bond donors (Lipinski definition) is 0. The Morgan fingerprint density at radius 1 is 0.350 bits per heavy atom. The molecule has 0 radical (unpaired) electrons. The first-order valence-corrected chi connectivity index (χ1v) is 28.8. The van der Waals surface area contributed by atoms with E-state index >= 15 is 0 Å². The number of fused-ring (bicyclic) bond motifs is 13. The van der Waals surface area contributed by atoms with Crippen LogP contribution in [0.2, 0.25) is 0 Å². The van der Waals surface area contributed by atoms with E-state index in [1.807, 2.05) is 0 Å². The van der Waals surface area contributed by atoms with Crippen LogP contribution < -0.4 is 26.2 Å². The molecule has 5 heteroatoms. The van der Waals surface area contributed by atoms with Gasteiger partial charge in [0.2, 0.25) is 0 Å². The van der Waals surface area contributed by atoms with Crippen molar-refractivity contribution in [1.29, 1.82) is 0 Å². The lowest BCUT2D eigenvalue weighted by molar-refractivity contribution is 0.590. The SMILES string of the molecule is CC(C)(C)c1ccc(N2c3ccc(C(C)(C)C)cc3B3c4cc5c(c(-n6c7ccccc7c7ccccc76)c4N(c4ccc(C(C)(C)C)cc4)c4cc(-n6c7ccccc7c7ccccc76)cc2c43)C(C)(C)c2ccccc2-5)cc1.